The van der Waals surface area contributed by atoms with Crippen LogP contribution < -0.4 is 5.32 Å². The van der Waals surface area contributed by atoms with Gasteiger partial charge in [0.1, 0.15) is 0 Å². The van der Waals surface area contributed by atoms with Gasteiger partial charge < -0.3 is 15.3 Å². The molecular formula is C12H20N2O3. The van der Waals surface area contributed by atoms with Gasteiger partial charge in [-0.3, -0.25) is 4.79 Å². The van der Waals surface area contributed by atoms with E-state index in [-0.39, 0.29) is 18.4 Å². The minimum absolute atomic E-state index is 0.0419. The fourth-order valence-corrected chi connectivity index (χ4v) is 2.47. The summed E-state index contributed by atoms with van der Waals surface area (Å²) in [6.07, 6.45) is 3.81. The number of rotatable bonds is 4. The van der Waals surface area contributed by atoms with Crippen LogP contribution in [0.3, 0.4) is 0 Å². The number of carbonyl (C=O) groups is 2. The molecule has 1 aliphatic heterocycles. The monoisotopic (exact) mass is 240 g/mol. The Morgan fingerprint density at radius 2 is 2.06 bits per heavy atom. The number of carboxylic acids is 1. The van der Waals surface area contributed by atoms with Crippen LogP contribution in [0.15, 0.2) is 0 Å². The van der Waals surface area contributed by atoms with E-state index in [0.29, 0.717) is 18.5 Å². The minimum atomic E-state index is -0.781. The van der Waals surface area contributed by atoms with Crippen molar-refractivity contribution < 1.29 is 14.7 Å². The molecule has 0 bridgehead atoms. The van der Waals surface area contributed by atoms with E-state index in [0.717, 1.165) is 6.54 Å². The van der Waals surface area contributed by atoms with Gasteiger partial charge in [0, 0.05) is 25.6 Å². The summed E-state index contributed by atoms with van der Waals surface area (Å²) >= 11 is 0. The average molecular weight is 240 g/mol. The maximum Gasteiger partial charge on any atom is 0.317 e. The zero-order valence-electron chi connectivity index (χ0n) is 10.2. The van der Waals surface area contributed by atoms with Gasteiger partial charge in [-0.2, -0.15) is 0 Å². The maximum atomic E-state index is 11.7. The zero-order chi connectivity index (χ0) is 12.5. The lowest BCUT2D eigenvalue weighted by atomic mass is 9.70. The van der Waals surface area contributed by atoms with E-state index in [2.05, 4.69) is 12.2 Å². The van der Waals surface area contributed by atoms with Crippen molar-refractivity contribution >= 4 is 12.0 Å². The SMILES string of the molecule is CC1(CNC(=O)N2CC(CC(=O)O)C2)CCC1. The predicted octanol–water partition coefficient (Wildman–Crippen LogP) is 1.29. The topological polar surface area (TPSA) is 69.6 Å². The first-order valence-corrected chi connectivity index (χ1v) is 6.23. The molecule has 0 aromatic heterocycles. The number of carboxylic acid groups (broad SMARTS) is 1. The lowest BCUT2D eigenvalue weighted by Crippen LogP contribution is -2.55. The summed E-state index contributed by atoms with van der Waals surface area (Å²) in [4.78, 5) is 23.9. The van der Waals surface area contributed by atoms with Crippen molar-refractivity contribution in [2.45, 2.75) is 32.6 Å². The molecule has 1 heterocycles. The molecule has 0 atom stereocenters. The molecule has 1 saturated carbocycles. The van der Waals surface area contributed by atoms with Crippen LogP contribution in [-0.4, -0.2) is 41.6 Å². The first kappa shape index (κ1) is 12.2. The number of urea groups is 1. The van der Waals surface area contributed by atoms with Crippen LogP contribution in [0.4, 0.5) is 4.79 Å². The third-order valence-corrected chi connectivity index (χ3v) is 3.93. The van der Waals surface area contributed by atoms with Gasteiger partial charge in [-0.05, 0) is 18.3 Å². The molecule has 2 fully saturated rings. The standard InChI is InChI=1S/C12H20N2O3/c1-12(3-2-4-12)8-13-11(17)14-6-9(7-14)5-10(15)16/h9H,2-8H2,1H3,(H,13,17)(H,15,16). The molecule has 2 N–H and O–H groups in total. The van der Waals surface area contributed by atoms with Crippen LogP contribution in [-0.2, 0) is 4.79 Å². The summed E-state index contributed by atoms with van der Waals surface area (Å²) in [5, 5.41) is 11.5. The second-order valence-electron chi connectivity index (χ2n) is 5.69. The predicted molar refractivity (Wildman–Crippen MR) is 62.7 cm³/mol. The molecule has 5 heteroatoms. The highest BCUT2D eigenvalue weighted by Gasteiger charge is 2.35. The van der Waals surface area contributed by atoms with Crippen LogP contribution in [0.2, 0.25) is 0 Å². The van der Waals surface area contributed by atoms with Crippen molar-refractivity contribution in [2.24, 2.45) is 11.3 Å². The lowest BCUT2D eigenvalue weighted by Gasteiger charge is -2.41. The van der Waals surface area contributed by atoms with Gasteiger partial charge in [-0.1, -0.05) is 13.3 Å². The first-order valence-electron chi connectivity index (χ1n) is 6.23. The van der Waals surface area contributed by atoms with E-state index < -0.39 is 5.97 Å². The Morgan fingerprint density at radius 1 is 1.41 bits per heavy atom. The van der Waals surface area contributed by atoms with Crippen LogP contribution in [0.5, 0.6) is 0 Å². The summed E-state index contributed by atoms with van der Waals surface area (Å²) in [6.45, 7) is 4.09. The van der Waals surface area contributed by atoms with E-state index in [4.69, 9.17) is 5.11 Å². The molecule has 17 heavy (non-hydrogen) atoms. The highest BCUT2D eigenvalue weighted by atomic mass is 16.4. The number of aliphatic carboxylic acids is 1. The van der Waals surface area contributed by atoms with E-state index >= 15 is 0 Å². The van der Waals surface area contributed by atoms with E-state index in [1.54, 1.807) is 4.90 Å². The second-order valence-corrected chi connectivity index (χ2v) is 5.69. The number of nitrogens with zero attached hydrogens (tertiary/aromatic N) is 1. The molecule has 0 aromatic carbocycles. The number of nitrogens with one attached hydrogen (secondary N) is 1. The smallest absolute Gasteiger partial charge is 0.317 e. The summed E-state index contributed by atoms with van der Waals surface area (Å²) in [5.74, 6) is -0.644. The molecule has 2 amide bonds. The van der Waals surface area contributed by atoms with E-state index in [1.165, 1.54) is 19.3 Å². The molecule has 5 nitrogen and oxygen atoms in total. The van der Waals surface area contributed by atoms with Gasteiger partial charge in [0.05, 0.1) is 6.42 Å². The molecule has 96 valence electrons. The Kier molecular flexibility index (Phi) is 3.26. The summed E-state index contributed by atoms with van der Waals surface area (Å²) < 4.78 is 0. The van der Waals surface area contributed by atoms with Crippen LogP contribution in [0.25, 0.3) is 0 Å². The number of likely N-dealkylation sites (tertiary alicyclic amines) is 1. The van der Waals surface area contributed by atoms with Crippen LogP contribution >= 0.6 is 0 Å². The van der Waals surface area contributed by atoms with Crippen molar-refractivity contribution in [1.82, 2.24) is 10.2 Å². The minimum Gasteiger partial charge on any atom is -0.481 e. The summed E-state index contributed by atoms with van der Waals surface area (Å²) in [5.41, 5.74) is 0.293. The fourth-order valence-electron chi connectivity index (χ4n) is 2.47. The van der Waals surface area contributed by atoms with Gasteiger partial charge >= 0.3 is 12.0 Å². The van der Waals surface area contributed by atoms with Crippen LogP contribution in [0, 0.1) is 11.3 Å². The molecule has 0 unspecified atom stereocenters. The Hall–Kier alpha value is -1.26. The van der Waals surface area contributed by atoms with Crippen molar-refractivity contribution in [3.05, 3.63) is 0 Å². The van der Waals surface area contributed by atoms with E-state index in [9.17, 15) is 9.59 Å². The highest BCUT2D eigenvalue weighted by Crippen LogP contribution is 2.39. The molecule has 1 saturated heterocycles. The normalized spacial score (nSPS) is 22.5. The molecule has 2 aliphatic rings. The zero-order valence-corrected chi connectivity index (χ0v) is 10.2. The first-order chi connectivity index (χ1) is 7.98. The fraction of sp³-hybridized carbons (Fsp3) is 0.833. The van der Waals surface area contributed by atoms with Gasteiger partial charge in [0.2, 0.25) is 0 Å². The molecule has 1 aliphatic carbocycles. The van der Waals surface area contributed by atoms with Gasteiger partial charge in [-0.25, -0.2) is 4.79 Å². The molecular weight excluding hydrogens is 220 g/mol. The summed E-state index contributed by atoms with van der Waals surface area (Å²) in [6, 6.07) is -0.0419. The van der Waals surface area contributed by atoms with E-state index in [1.807, 2.05) is 0 Å². The second kappa shape index (κ2) is 4.55. The molecule has 2 rings (SSSR count). The van der Waals surface area contributed by atoms with Gasteiger partial charge in [-0.15, -0.1) is 0 Å². The van der Waals surface area contributed by atoms with Crippen LogP contribution in [0.1, 0.15) is 32.6 Å². The van der Waals surface area contributed by atoms with Gasteiger partial charge in [0.15, 0.2) is 0 Å². The van der Waals surface area contributed by atoms with Crippen molar-refractivity contribution in [2.75, 3.05) is 19.6 Å². The number of amides is 2. The number of hydrogen-bond acceptors (Lipinski definition) is 2. The average Bonchev–Trinajstić information content (AvgIpc) is 2.16. The molecule has 0 radical (unpaired) electrons. The lowest BCUT2D eigenvalue weighted by molar-refractivity contribution is -0.139. The number of carbonyl (C=O) groups excluding carboxylic acids is 1. The summed E-state index contributed by atoms with van der Waals surface area (Å²) in [7, 11) is 0. The maximum absolute atomic E-state index is 11.7. The quantitative estimate of drug-likeness (QED) is 0.778. The third-order valence-electron chi connectivity index (χ3n) is 3.93. The van der Waals surface area contributed by atoms with Gasteiger partial charge in [0.25, 0.3) is 0 Å². The Bertz CT molecular complexity index is 320. The number of hydrogen-bond donors (Lipinski definition) is 2. The van der Waals surface area contributed by atoms with Crippen molar-refractivity contribution in [3.8, 4) is 0 Å². The third kappa shape index (κ3) is 2.90. The largest absolute Gasteiger partial charge is 0.481 e. The highest BCUT2D eigenvalue weighted by molar-refractivity contribution is 5.75. The Labute approximate surface area is 101 Å². The molecule has 0 aromatic rings. The Balaban J connectivity index is 1.63. The van der Waals surface area contributed by atoms with Crippen molar-refractivity contribution in [3.63, 3.8) is 0 Å². The molecule has 0 spiro atoms. The van der Waals surface area contributed by atoms with Crippen molar-refractivity contribution in [1.29, 1.82) is 0 Å². The Morgan fingerprint density at radius 3 is 2.53 bits per heavy atom.